The number of nitrogens with zero attached hydrogens (tertiary/aromatic N) is 3. The van der Waals surface area contributed by atoms with Crippen molar-refractivity contribution in [1.82, 2.24) is 9.97 Å². The molecule has 6 heteroatoms. The SMILES string of the molecule is C[C@@H]1CCCN(c2cc(NC[C@@H](O)CO)ncn2)C1. The summed E-state index contributed by atoms with van der Waals surface area (Å²) in [6.45, 7) is 4.33. The maximum absolute atomic E-state index is 9.31. The third-order valence-electron chi connectivity index (χ3n) is 3.36. The lowest BCUT2D eigenvalue weighted by Gasteiger charge is -2.31. The first-order valence-corrected chi connectivity index (χ1v) is 6.79. The third kappa shape index (κ3) is 4.04. The molecule has 1 aromatic heterocycles. The van der Waals surface area contributed by atoms with Crippen LogP contribution >= 0.6 is 0 Å². The second-order valence-corrected chi connectivity index (χ2v) is 5.17. The van der Waals surface area contributed by atoms with Gasteiger partial charge in [-0.25, -0.2) is 9.97 Å². The molecular weight excluding hydrogens is 244 g/mol. The lowest BCUT2D eigenvalue weighted by atomic mass is 10.0. The Hall–Kier alpha value is -1.40. The summed E-state index contributed by atoms with van der Waals surface area (Å²) < 4.78 is 0. The molecule has 6 nitrogen and oxygen atoms in total. The fourth-order valence-corrected chi connectivity index (χ4v) is 2.30. The molecule has 0 aliphatic carbocycles. The maximum atomic E-state index is 9.31. The van der Waals surface area contributed by atoms with E-state index in [0.29, 0.717) is 11.7 Å². The van der Waals surface area contributed by atoms with E-state index in [1.807, 2.05) is 6.07 Å². The Balaban J connectivity index is 1.98. The highest BCUT2D eigenvalue weighted by Gasteiger charge is 2.17. The molecule has 1 saturated heterocycles. The molecule has 1 fully saturated rings. The van der Waals surface area contributed by atoms with E-state index in [0.717, 1.165) is 18.9 Å². The van der Waals surface area contributed by atoms with E-state index in [9.17, 15) is 5.11 Å². The van der Waals surface area contributed by atoms with Gasteiger partial charge in [0.05, 0.1) is 12.7 Å². The highest BCUT2D eigenvalue weighted by molar-refractivity contribution is 5.48. The molecule has 2 rings (SSSR count). The largest absolute Gasteiger partial charge is 0.394 e. The van der Waals surface area contributed by atoms with Crippen molar-refractivity contribution in [3.63, 3.8) is 0 Å². The minimum Gasteiger partial charge on any atom is -0.394 e. The van der Waals surface area contributed by atoms with Gasteiger partial charge in [-0.2, -0.15) is 0 Å². The maximum Gasteiger partial charge on any atom is 0.134 e. The summed E-state index contributed by atoms with van der Waals surface area (Å²) in [5, 5.41) is 21.1. The number of aliphatic hydroxyl groups is 2. The molecule has 0 aromatic carbocycles. The summed E-state index contributed by atoms with van der Waals surface area (Å²) in [7, 11) is 0. The van der Waals surface area contributed by atoms with Gasteiger partial charge in [0.15, 0.2) is 0 Å². The van der Waals surface area contributed by atoms with Crippen molar-refractivity contribution in [2.45, 2.75) is 25.9 Å². The van der Waals surface area contributed by atoms with Crippen molar-refractivity contribution in [1.29, 1.82) is 0 Å². The number of rotatable bonds is 5. The summed E-state index contributed by atoms with van der Waals surface area (Å²) in [5.41, 5.74) is 0. The molecule has 2 heterocycles. The molecule has 3 N–H and O–H groups in total. The monoisotopic (exact) mass is 266 g/mol. The van der Waals surface area contributed by atoms with Gasteiger partial charge in [-0.3, -0.25) is 0 Å². The quantitative estimate of drug-likeness (QED) is 0.719. The molecule has 0 saturated carbocycles. The van der Waals surface area contributed by atoms with Crippen LogP contribution in [0, 0.1) is 5.92 Å². The summed E-state index contributed by atoms with van der Waals surface area (Å²) >= 11 is 0. The molecule has 0 spiro atoms. The van der Waals surface area contributed by atoms with Crippen LogP contribution in [0.15, 0.2) is 12.4 Å². The minimum absolute atomic E-state index is 0.255. The van der Waals surface area contributed by atoms with Gasteiger partial charge < -0.3 is 20.4 Å². The number of piperidine rings is 1. The fraction of sp³-hybridized carbons (Fsp3) is 0.692. The first kappa shape index (κ1) is 14.0. The van der Waals surface area contributed by atoms with E-state index >= 15 is 0 Å². The van der Waals surface area contributed by atoms with Crippen LogP contribution < -0.4 is 10.2 Å². The van der Waals surface area contributed by atoms with E-state index < -0.39 is 6.10 Å². The molecular formula is C13H22N4O2. The van der Waals surface area contributed by atoms with Crippen LogP contribution in [0.25, 0.3) is 0 Å². The smallest absolute Gasteiger partial charge is 0.134 e. The van der Waals surface area contributed by atoms with Crippen LogP contribution in [0.3, 0.4) is 0 Å². The predicted molar refractivity (Wildman–Crippen MR) is 74.2 cm³/mol. The van der Waals surface area contributed by atoms with E-state index in [2.05, 4.69) is 27.1 Å². The van der Waals surface area contributed by atoms with Gasteiger partial charge in [0.1, 0.15) is 18.0 Å². The van der Waals surface area contributed by atoms with Crippen LogP contribution in [-0.2, 0) is 0 Å². The second kappa shape index (κ2) is 6.68. The molecule has 2 atom stereocenters. The summed E-state index contributed by atoms with van der Waals surface area (Å²) in [6, 6.07) is 1.89. The van der Waals surface area contributed by atoms with Gasteiger partial charge in [-0.15, -0.1) is 0 Å². The summed E-state index contributed by atoms with van der Waals surface area (Å²) in [4.78, 5) is 10.7. The first-order valence-electron chi connectivity index (χ1n) is 6.79. The molecule has 0 unspecified atom stereocenters. The van der Waals surface area contributed by atoms with Crippen molar-refractivity contribution in [2.75, 3.05) is 36.5 Å². The fourth-order valence-electron chi connectivity index (χ4n) is 2.30. The van der Waals surface area contributed by atoms with Crippen LogP contribution in [0.5, 0.6) is 0 Å². The van der Waals surface area contributed by atoms with E-state index in [1.165, 1.54) is 19.2 Å². The molecule has 1 aliphatic heterocycles. The van der Waals surface area contributed by atoms with Gasteiger partial charge in [-0.1, -0.05) is 6.92 Å². The lowest BCUT2D eigenvalue weighted by molar-refractivity contribution is 0.105. The molecule has 19 heavy (non-hydrogen) atoms. The molecule has 0 radical (unpaired) electrons. The van der Waals surface area contributed by atoms with Crippen molar-refractivity contribution >= 4 is 11.6 Å². The van der Waals surface area contributed by atoms with E-state index in [4.69, 9.17) is 5.11 Å². The third-order valence-corrected chi connectivity index (χ3v) is 3.36. The number of nitrogens with one attached hydrogen (secondary N) is 1. The molecule has 106 valence electrons. The van der Waals surface area contributed by atoms with E-state index in [1.54, 1.807) is 0 Å². The first-order chi connectivity index (χ1) is 9.19. The predicted octanol–water partition coefficient (Wildman–Crippen LogP) is 0.478. The number of anilines is 2. The van der Waals surface area contributed by atoms with Gasteiger partial charge >= 0.3 is 0 Å². The molecule has 1 aromatic rings. The zero-order chi connectivity index (χ0) is 13.7. The zero-order valence-electron chi connectivity index (χ0n) is 11.3. The number of aromatic nitrogens is 2. The van der Waals surface area contributed by atoms with Crippen molar-refractivity contribution in [2.24, 2.45) is 5.92 Å². The Labute approximate surface area is 113 Å². The van der Waals surface area contributed by atoms with Crippen molar-refractivity contribution < 1.29 is 10.2 Å². The summed E-state index contributed by atoms with van der Waals surface area (Å²) in [5.74, 6) is 2.29. The molecule has 1 aliphatic rings. The Morgan fingerprint density at radius 1 is 1.53 bits per heavy atom. The summed E-state index contributed by atoms with van der Waals surface area (Å²) in [6.07, 6.45) is 3.22. The van der Waals surface area contributed by atoms with Crippen LogP contribution in [-0.4, -0.2) is 52.5 Å². The second-order valence-electron chi connectivity index (χ2n) is 5.17. The van der Waals surface area contributed by atoms with Crippen LogP contribution in [0.2, 0.25) is 0 Å². The standard InChI is InChI=1S/C13H22N4O2/c1-10-3-2-4-17(7-10)13-5-12(15-9-16-13)14-6-11(19)8-18/h5,9-11,18-19H,2-4,6-8H2,1H3,(H,14,15,16)/t10-,11-/m1/s1. The highest BCUT2D eigenvalue weighted by Crippen LogP contribution is 2.22. The average Bonchev–Trinajstić information content (AvgIpc) is 2.45. The van der Waals surface area contributed by atoms with Crippen molar-refractivity contribution in [3.05, 3.63) is 12.4 Å². The van der Waals surface area contributed by atoms with Gasteiger partial charge in [-0.05, 0) is 18.8 Å². The number of hydrogen-bond acceptors (Lipinski definition) is 6. The Bertz CT molecular complexity index is 402. The van der Waals surface area contributed by atoms with Gasteiger partial charge in [0, 0.05) is 25.7 Å². The molecule has 0 bridgehead atoms. The number of aliphatic hydroxyl groups excluding tert-OH is 2. The number of hydrogen-bond donors (Lipinski definition) is 3. The van der Waals surface area contributed by atoms with Gasteiger partial charge in [0.2, 0.25) is 0 Å². The zero-order valence-corrected chi connectivity index (χ0v) is 11.3. The Morgan fingerprint density at radius 3 is 3.11 bits per heavy atom. The lowest BCUT2D eigenvalue weighted by Crippen LogP contribution is -2.34. The topological polar surface area (TPSA) is 81.5 Å². The van der Waals surface area contributed by atoms with Crippen LogP contribution in [0.4, 0.5) is 11.6 Å². The Kier molecular flexibility index (Phi) is 4.93. The Morgan fingerprint density at radius 2 is 2.37 bits per heavy atom. The van der Waals surface area contributed by atoms with E-state index in [-0.39, 0.29) is 13.2 Å². The van der Waals surface area contributed by atoms with Crippen LogP contribution in [0.1, 0.15) is 19.8 Å². The van der Waals surface area contributed by atoms with Crippen molar-refractivity contribution in [3.8, 4) is 0 Å². The average molecular weight is 266 g/mol. The highest BCUT2D eigenvalue weighted by atomic mass is 16.3. The van der Waals surface area contributed by atoms with Gasteiger partial charge in [0.25, 0.3) is 0 Å². The minimum atomic E-state index is -0.770. The normalized spacial score (nSPS) is 21.2. The molecule has 0 amide bonds.